The third-order valence-electron chi connectivity index (χ3n) is 5.28. The maximum Gasteiger partial charge on any atom is 0.270 e. The quantitative estimate of drug-likeness (QED) is 0.397. The number of nitrogens with one attached hydrogen (secondary N) is 2. The van der Waals surface area contributed by atoms with Crippen LogP contribution in [-0.4, -0.2) is 36.4 Å². The molecule has 11 heteroatoms. The summed E-state index contributed by atoms with van der Waals surface area (Å²) in [5.74, 6) is -5.79. The van der Waals surface area contributed by atoms with Crippen molar-refractivity contribution in [1.82, 2.24) is 5.32 Å². The van der Waals surface area contributed by atoms with Crippen LogP contribution in [0.25, 0.3) is 0 Å². The molecule has 2 amide bonds. The number of halogens is 3. The molecular weight excluding hydrogens is 429 g/mol. The number of nitro groups is 1. The molecule has 0 unspecified atom stereocenters. The fraction of sp³-hybridized carbons (Fsp3) is 0.333. The molecule has 3 rings (SSSR count). The first-order valence-corrected chi connectivity index (χ1v) is 9.92. The average Bonchev–Trinajstić information content (AvgIpc) is 2.78. The van der Waals surface area contributed by atoms with E-state index in [0.717, 1.165) is 25.0 Å². The number of hydrogen-bond acceptors (Lipinski definition) is 5. The van der Waals surface area contributed by atoms with Gasteiger partial charge in [0.2, 0.25) is 5.91 Å². The summed E-state index contributed by atoms with van der Waals surface area (Å²) in [5, 5.41) is 15.5. The van der Waals surface area contributed by atoms with E-state index in [-0.39, 0.29) is 11.3 Å². The number of nitro benzene ring substituents is 1. The molecule has 32 heavy (non-hydrogen) atoms. The molecule has 2 aromatic carbocycles. The van der Waals surface area contributed by atoms with Crippen molar-refractivity contribution in [3.05, 3.63) is 63.5 Å². The van der Waals surface area contributed by atoms with Crippen molar-refractivity contribution >= 4 is 28.9 Å². The molecule has 8 nitrogen and oxygen atoms in total. The molecular formula is C21H21F3N4O4. The Hall–Kier alpha value is -3.63. The summed E-state index contributed by atoms with van der Waals surface area (Å²) in [6, 6.07) is 5.45. The Morgan fingerprint density at radius 1 is 1.12 bits per heavy atom. The topological polar surface area (TPSA) is 105 Å². The van der Waals surface area contributed by atoms with Gasteiger partial charge < -0.3 is 15.5 Å². The standard InChI is InChI=1S/C21H21F3N4O4/c1-12-6-8-27(9-7-12)17-5-2-13(28(31)32)10-14(17)21(30)25-11-18(29)26-16-4-3-15(22)19(23)20(16)24/h2-5,10,12H,6-9,11H2,1H3,(H,25,30)(H,26,29). The first-order valence-electron chi connectivity index (χ1n) is 9.92. The van der Waals surface area contributed by atoms with Gasteiger partial charge in [-0.3, -0.25) is 19.7 Å². The summed E-state index contributed by atoms with van der Waals surface area (Å²) in [4.78, 5) is 37.3. The molecule has 0 saturated carbocycles. The highest BCUT2D eigenvalue weighted by molar-refractivity contribution is 6.03. The van der Waals surface area contributed by atoms with Crippen molar-refractivity contribution in [3.8, 4) is 0 Å². The van der Waals surface area contributed by atoms with E-state index in [1.165, 1.54) is 12.1 Å². The van der Waals surface area contributed by atoms with Crippen molar-refractivity contribution in [2.45, 2.75) is 19.8 Å². The minimum atomic E-state index is -1.73. The number of carbonyl (C=O) groups excluding carboxylic acids is 2. The molecule has 2 N–H and O–H groups in total. The first-order chi connectivity index (χ1) is 15.2. The van der Waals surface area contributed by atoms with Crippen LogP contribution >= 0.6 is 0 Å². The van der Waals surface area contributed by atoms with E-state index in [0.29, 0.717) is 30.8 Å². The van der Waals surface area contributed by atoms with Gasteiger partial charge in [-0.15, -0.1) is 0 Å². The molecule has 170 valence electrons. The van der Waals surface area contributed by atoms with Crippen LogP contribution in [0.15, 0.2) is 30.3 Å². The number of benzene rings is 2. The first kappa shape index (κ1) is 23.0. The largest absolute Gasteiger partial charge is 0.371 e. The van der Waals surface area contributed by atoms with E-state index in [2.05, 4.69) is 12.2 Å². The Morgan fingerprint density at radius 2 is 1.81 bits per heavy atom. The minimum absolute atomic E-state index is 0.0283. The molecule has 1 saturated heterocycles. The fourth-order valence-electron chi connectivity index (χ4n) is 3.42. The molecule has 0 bridgehead atoms. The number of rotatable bonds is 6. The summed E-state index contributed by atoms with van der Waals surface area (Å²) in [5.41, 5.74) is -0.327. The lowest BCUT2D eigenvalue weighted by Crippen LogP contribution is -2.37. The lowest BCUT2D eigenvalue weighted by atomic mass is 9.98. The fourth-order valence-corrected chi connectivity index (χ4v) is 3.42. The molecule has 0 aromatic heterocycles. The number of piperidine rings is 1. The van der Waals surface area contributed by atoms with Crippen LogP contribution in [0.4, 0.5) is 30.2 Å². The van der Waals surface area contributed by atoms with E-state index >= 15 is 0 Å². The third kappa shape index (κ3) is 5.16. The zero-order valence-electron chi connectivity index (χ0n) is 17.2. The Labute approximate surface area is 181 Å². The van der Waals surface area contributed by atoms with E-state index in [1.807, 2.05) is 10.2 Å². The summed E-state index contributed by atoms with van der Waals surface area (Å²) in [6.07, 6.45) is 1.81. The summed E-state index contributed by atoms with van der Waals surface area (Å²) in [6.45, 7) is 2.86. The number of anilines is 2. The SMILES string of the molecule is CC1CCN(c2ccc([N+](=O)[O-])cc2C(=O)NCC(=O)Nc2ccc(F)c(F)c2F)CC1. The number of carbonyl (C=O) groups is 2. The molecule has 1 heterocycles. The van der Waals surface area contributed by atoms with Crippen LogP contribution in [0, 0.1) is 33.5 Å². The van der Waals surface area contributed by atoms with Gasteiger partial charge in [-0.2, -0.15) is 0 Å². The van der Waals surface area contributed by atoms with Crippen molar-refractivity contribution in [1.29, 1.82) is 0 Å². The summed E-state index contributed by atoms with van der Waals surface area (Å²) in [7, 11) is 0. The van der Waals surface area contributed by atoms with Crippen molar-refractivity contribution in [2.75, 3.05) is 29.9 Å². The normalized spacial score (nSPS) is 14.2. The Morgan fingerprint density at radius 3 is 2.47 bits per heavy atom. The minimum Gasteiger partial charge on any atom is -0.371 e. The zero-order chi connectivity index (χ0) is 23.4. The Bertz CT molecular complexity index is 1060. The monoisotopic (exact) mass is 450 g/mol. The number of nitrogens with zero attached hydrogens (tertiary/aromatic N) is 2. The highest BCUT2D eigenvalue weighted by atomic mass is 19.2. The Balaban J connectivity index is 1.73. The van der Waals surface area contributed by atoms with Gasteiger partial charge in [-0.1, -0.05) is 6.92 Å². The van der Waals surface area contributed by atoms with Gasteiger partial charge in [0.15, 0.2) is 17.5 Å². The van der Waals surface area contributed by atoms with Crippen molar-refractivity contribution in [2.24, 2.45) is 5.92 Å². The van der Waals surface area contributed by atoms with Crippen molar-refractivity contribution in [3.63, 3.8) is 0 Å². The average molecular weight is 450 g/mol. The summed E-state index contributed by atoms with van der Waals surface area (Å²) >= 11 is 0. The number of hydrogen-bond donors (Lipinski definition) is 2. The van der Waals surface area contributed by atoms with Crippen LogP contribution in [0.1, 0.15) is 30.1 Å². The second-order valence-corrected chi connectivity index (χ2v) is 7.58. The lowest BCUT2D eigenvalue weighted by Gasteiger charge is -2.33. The van der Waals surface area contributed by atoms with Crippen LogP contribution in [0.3, 0.4) is 0 Å². The highest BCUT2D eigenvalue weighted by Crippen LogP contribution is 2.29. The smallest absolute Gasteiger partial charge is 0.270 e. The summed E-state index contributed by atoms with van der Waals surface area (Å²) < 4.78 is 40.0. The van der Waals surface area contributed by atoms with Gasteiger partial charge >= 0.3 is 0 Å². The Kier molecular flexibility index (Phi) is 6.96. The van der Waals surface area contributed by atoms with E-state index < -0.39 is 46.4 Å². The molecule has 0 spiro atoms. The van der Waals surface area contributed by atoms with Gasteiger partial charge in [0.25, 0.3) is 11.6 Å². The predicted octanol–water partition coefficient (Wildman–Crippen LogP) is 3.62. The van der Waals surface area contributed by atoms with Crippen molar-refractivity contribution < 1.29 is 27.7 Å². The highest BCUT2D eigenvalue weighted by Gasteiger charge is 2.24. The molecule has 0 aliphatic carbocycles. The zero-order valence-corrected chi connectivity index (χ0v) is 17.2. The molecule has 1 aliphatic rings. The van der Waals surface area contributed by atoms with Crippen LogP contribution in [0.5, 0.6) is 0 Å². The van der Waals surface area contributed by atoms with Gasteiger partial charge in [0, 0.05) is 25.2 Å². The maximum atomic E-state index is 13.7. The van der Waals surface area contributed by atoms with E-state index in [9.17, 15) is 32.9 Å². The number of non-ortho nitro benzene ring substituents is 1. The van der Waals surface area contributed by atoms with E-state index in [4.69, 9.17) is 0 Å². The van der Waals surface area contributed by atoms with Gasteiger partial charge in [0.1, 0.15) is 0 Å². The van der Waals surface area contributed by atoms with Crippen LogP contribution in [0.2, 0.25) is 0 Å². The van der Waals surface area contributed by atoms with Gasteiger partial charge in [-0.05, 0) is 37.0 Å². The molecule has 0 radical (unpaired) electrons. The second-order valence-electron chi connectivity index (χ2n) is 7.58. The third-order valence-corrected chi connectivity index (χ3v) is 5.28. The molecule has 1 aliphatic heterocycles. The molecule has 0 atom stereocenters. The van der Waals surface area contributed by atoms with Gasteiger partial charge in [0.05, 0.1) is 28.4 Å². The maximum absolute atomic E-state index is 13.7. The number of amides is 2. The lowest BCUT2D eigenvalue weighted by molar-refractivity contribution is -0.384. The second kappa shape index (κ2) is 9.67. The molecule has 1 fully saturated rings. The predicted molar refractivity (Wildman–Crippen MR) is 111 cm³/mol. The van der Waals surface area contributed by atoms with Crippen LogP contribution < -0.4 is 15.5 Å². The van der Waals surface area contributed by atoms with Gasteiger partial charge in [-0.25, -0.2) is 13.2 Å². The van der Waals surface area contributed by atoms with E-state index in [1.54, 1.807) is 0 Å². The van der Waals surface area contributed by atoms with Crippen LogP contribution in [-0.2, 0) is 4.79 Å². The molecule has 2 aromatic rings.